The third-order valence-corrected chi connectivity index (χ3v) is 3.60. The van der Waals surface area contributed by atoms with E-state index in [9.17, 15) is 4.79 Å². The smallest absolute Gasteiger partial charge is 0.222 e. The van der Waals surface area contributed by atoms with Gasteiger partial charge < -0.3 is 15.8 Å². The molecule has 1 aliphatic rings. The van der Waals surface area contributed by atoms with Gasteiger partial charge in [-0.3, -0.25) is 4.79 Å². The van der Waals surface area contributed by atoms with E-state index in [2.05, 4.69) is 5.32 Å². The van der Waals surface area contributed by atoms with Crippen LogP contribution in [0.25, 0.3) is 0 Å². The molecule has 1 unspecified atom stereocenters. The Morgan fingerprint density at radius 2 is 2.18 bits per heavy atom. The van der Waals surface area contributed by atoms with E-state index in [1.165, 1.54) is 32.1 Å². The van der Waals surface area contributed by atoms with Crippen molar-refractivity contribution in [2.45, 2.75) is 51.0 Å². The van der Waals surface area contributed by atoms with Crippen LogP contribution < -0.4 is 11.1 Å². The van der Waals surface area contributed by atoms with E-state index in [1.807, 2.05) is 0 Å². The fourth-order valence-corrected chi connectivity index (χ4v) is 2.46. The van der Waals surface area contributed by atoms with Crippen LogP contribution in [0.2, 0.25) is 0 Å². The first-order valence-corrected chi connectivity index (χ1v) is 6.75. The van der Waals surface area contributed by atoms with Gasteiger partial charge in [0.15, 0.2) is 0 Å². The van der Waals surface area contributed by atoms with Crippen molar-refractivity contribution in [3.8, 4) is 0 Å². The molecular weight excluding hydrogens is 216 g/mol. The van der Waals surface area contributed by atoms with Crippen molar-refractivity contribution >= 4 is 5.91 Å². The lowest BCUT2D eigenvalue weighted by Crippen LogP contribution is -2.32. The lowest BCUT2D eigenvalue weighted by Gasteiger charge is -2.13. The highest BCUT2D eigenvalue weighted by molar-refractivity contribution is 5.76. The molecule has 1 saturated carbocycles. The van der Waals surface area contributed by atoms with Gasteiger partial charge in [0.25, 0.3) is 0 Å². The van der Waals surface area contributed by atoms with Gasteiger partial charge >= 0.3 is 0 Å². The molecule has 0 aliphatic heterocycles. The molecular formula is C13H26N2O2. The molecule has 1 atom stereocenters. The predicted molar refractivity (Wildman–Crippen MR) is 68.7 cm³/mol. The number of carbonyl (C=O) groups is 1. The summed E-state index contributed by atoms with van der Waals surface area (Å²) in [7, 11) is 1.59. The van der Waals surface area contributed by atoms with E-state index < -0.39 is 0 Å². The number of amides is 1. The van der Waals surface area contributed by atoms with Gasteiger partial charge in [0.2, 0.25) is 5.91 Å². The zero-order valence-corrected chi connectivity index (χ0v) is 10.9. The highest BCUT2D eigenvalue weighted by Crippen LogP contribution is 2.28. The summed E-state index contributed by atoms with van der Waals surface area (Å²) in [5.41, 5.74) is 5.46. The van der Waals surface area contributed by atoms with E-state index in [0.29, 0.717) is 13.0 Å². The molecule has 1 rings (SSSR count). The molecule has 0 spiro atoms. The minimum Gasteiger partial charge on any atom is -0.380 e. The molecule has 4 nitrogen and oxygen atoms in total. The first kappa shape index (κ1) is 14.5. The van der Waals surface area contributed by atoms with Gasteiger partial charge in [-0.2, -0.15) is 0 Å². The summed E-state index contributed by atoms with van der Waals surface area (Å²) in [5, 5.41) is 2.93. The zero-order chi connectivity index (χ0) is 12.5. The highest BCUT2D eigenvalue weighted by Gasteiger charge is 2.14. The van der Waals surface area contributed by atoms with E-state index in [-0.39, 0.29) is 12.0 Å². The minimum absolute atomic E-state index is 0.0497. The Kier molecular flexibility index (Phi) is 7.21. The van der Waals surface area contributed by atoms with Crippen LogP contribution in [0.15, 0.2) is 0 Å². The lowest BCUT2D eigenvalue weighted by molar-refractivity contribution is -0.123. The third-order valence-electron chi connectivity index (χ3n) is 3.60. The van der Waals surface area contributed by atoms with Gasteiger partial charge in [-0.05, 0) is 18.8 Å². The Labute approximate surface area is 104 Å². The summed E-state index contributed by atoms with van der Waals surface area (Å²) in [6, 6.07) is 0. The largest absolute Gasteiger partial charge is 0.380 e. The Balaban J connectivity index is 1.99. The zero-order valence-electron chi connectivity index (χ0n) is 10.9. The Morgan fingerprint density at radius 1 is 1.47 bits per heavy atom. The average molecular weight is 242 g/mol. The van der Waals surface area contributed by atoms with Crippen LogP contribution >= 0.6 is 0 Å². The highest BCUT2D eigenvalue weighted by atomic mass is 16.5. The number of nitrogens with one attached hydrogen (secondary N) is 1. The first-order valence-electron chi connectivity index (χ1n) is 6.75. The first-order chi connectivity index (χ1) is 8.26. The maximum absolute atomic E-state index is 11.5. The topological polar surface area (TPSA) is 64.3 Å². The summed E-state index contributed by atoms with van der Waals surface area (Å²) >= 11 is 0. The maximum atomic E-state index is 11.5. The molecule has 0 heterocycles. The van der Waals surface area contributed by atoms with E-state index in [1.54, 1.807) is 7.11 Å². The second-order valence-electron chi connectivity index (χ2n) is 4.94. The number of methoxy groups -OCH3 is 1. The molecule has 0 aromatic rings. The molecule has 4 heteroatoms. The lowest BCUT2D eigenvalue weighted by atomic mass is 10.0. The quantitative estimate of drug-likeness (QED) is 0.633. The summed E-state index contributed by atoms with van der Waals surface area (Å²) in [5.74, 6) is 0.955. The third kappa shape index (κ3) is 6.03. The molecule has 1 aliphatic carbocycles. The molecule has 1 fully saturated rings. The Bertz CT molecular complexity index is 211. The number of ether oxygens (including phenoxy) is 1. The van der Waals surface area contributed by atoms with Crippen molar-refractivity contribution in [3.63, 3.8) is 0 Å². The minimum atomic E-state index is -0.148. The number of carbonyl (C=O) groups excluding carboxylic acids is 1. The SMILES string of the molecule is COC(CN)CC(=O)NCCCC1CCCC1. The van der Waals surface area contributed by atoms with E-state index in [4.69, 9.17) is 10.5 Å². The molecule has 17 heavy (non-hydrogen) atoms. The molecule has 1 amide bonds. The molecule has 0 aromatic carbocycles. The van der Waals surface area contributed by atoms with Crippen LogP contribution in [0.5, 0.6) is 0 Å². The van der Waals surface area contributed by atoms with Crippen molar-refractivity contribution in [3.05, 3.63) is 0 Å². The van der Waals surface area contributed by atoms with Crippen LogP contribution in [-0.2, 0) is 9.53 Å². The van der Waals surface area contributed by atoms with Crippen LogP contribution in [0.3, 0.4) is 0 Å². The van der Waals surface area contributed by atoms with Crippen LogP contribution in [0.4, 0.5) is 0 Å². The van der Waals surface area contributed by atoms with Crippen molar-refractivity contribution in [2.24, 2.45) is 11.7 Å². The second kappa shape index (κ2) is 8.48. The fourth-order valence-electron chi connectivity index (χ4n) is 2.46. The molecule has 0 aromatic heterocycles. The molecule has 0 saturated heterocycles. The fraction of sp³-hybridized carbons (Fsp3) is 0.923. The number of rotatable bonds is 8. The molecule has 100 valence electrons. The molecule has 0 radical (unpaired) electrons. The van der Waals surface area contributed by atoms with Crippen molar-refractivity contribution in [1.29, 1.82) is 0 Å². The van der Waals surface area contributed by atoms with Crippen molar-refractivity contribution in [2.75, 3.05) is 20.2 Å². The number of hydrogen-bond acceptors (Lipinski definition) is 3. The summed E-state index contributed by atoms with van der Waals surface area (Å²) < 4.78 is 5.07. The van der Waals surface area contributed by atoms with E-state index >= 15 is 0 Å². The molecule has 3 N–H and O–H groups in total. The van der Waals surface area contributed by atoms with Gasteiger partial charge in [-0.25, -0.2) is 0 Å². The van der Waals surface area contributed by atoms with Gasteiger partial charge in [-0.1, -0.05) is 25.7 Å². The second-order valence-corrected chi connectivity index (χ2v) is 4.94. The number of hydrogen-bond donors (Lipinski definition) is 2. The van der Waals surface area contributed by atoms with Crippen molar-refractivity contribution in [1.82, 2.24) is 5.32 Å². The predicted octanol–water partition coefficient (Wildman–Crippen LogP) is 1.44. The molecule has 0 bridgehead atoms. The summed E-state index contributed by atoms with van der Waals surface area (Å²) in [6.07, 6.45) is 8.12. The van der Waals surface area contributed by atoms with Gasteiger partial charge in [0.05, 0.1) is 12.5 Å². The van der Waals surface area contributed by atoms with E-state index in [0.717, 1.165) is 18.9 Å². The van der Waals surface area contributed by atoms with Gasteiger partial charge in [0.1, 0.15) is 0 Å². The normalized spacial score (nSPS) is 18.2. The Hall–Kier alpha value is -0.610. The number of nitrogens with two attached hydrogens (primary N) is 1. The van der Waals surface area contributed by atoms with Crippen LogP contribution in [0.1, 0.15) is 44.9 Å². The standard InChI is InChI=1S/C13H26N2O2/c1-17-12(10-14)9-13(16)15-8-4-7-11-5-2-3-6-11/h11-12H,2-10,14H2,1H3,(H,15,16). The summed E-state index contributed by atoms with van der Waals surface area (Å²) in [4.78, 5) is 11.5. The maximum Gasteiger partial charge on any atom is 0.222 e. The van der Waals surface area contributed by atoms with Gasteiger partial charge in [0, 0.05) is 20.2 Å². The van der Waals surface area contributed by atoms with Gasteiger partial charge in [-0.15, -0.1) is 0 Å². The van der Waals surface area contributed by atoms with Crippen molar-refractivity contribution < 1.29 is 9.53 Å². The monoisotopic (exact) mass is 242 g/mol. The summed E-state index contributed by atoms with van der Waals surface area (Å²) in [6.45, 7) is 1.18. The van der Waals surface area contributed by atoms with Crippen LogP contribution in [0, 0.1) is 5.92 Å². The Morgan fingerprint density at radius 3 is 2.76 bits per heavy atom. The average Bonchev–Trinajstić information content (AvgIpc) is 2.84. The van der Waals surface area contributed by atoms with Crippen LogP contribution in [-0.4, -0.2) is 32.2 Å².